The molecule has 0 atom stereocenters. The second-order valence-electron chi connectivity index (χ2n) is 4.46. The summed E-state index contributed by atoms with van der Waals surface area (Å²) in [6.07, 6.45) is -4.51. The van der Waals surface area contributed by atoms with Gasteiger partial charge in [0.05, 0.1) is 16.8 Å². The second kappa shape index (κ2) is 5.44. The lowest BCUT2D eigenvalue weighted by atomic mass is 10.1. The maximum atomic E-state index is 13.4. The maximum absolute atomic E-state index is 13.4. The number of hydrogen-bond donors (Lipinski definition) is 1. The summed E-state index contributed by atoms with van der Waals surface area (Å²) >= 11 is 0. The standard InChI is InChI=1S/C15H10F4N2/c1-9-2-4-12(7-13(9)16)21-14-5-3-11(15(17,18)19)6-10(14)8-20/h2-7,21H,1H3. The molecule has 0 heterocycles. The van der Waals surface area contributed by atoms with Crippen LogP contribution in [0.3, 0.4) is 0 Å². The molecule has 0 aliphatic heterocycles. The minimum atomic E-state index is -4.51. The van der Waals surface area contributed by atoms with E-state index in [0.29, 0.717) is 11.3 Å². The van der Waals surface area contributed by atoms with Crippen LogP contribution < -0.4 is 5.32 Å². The second-order valence-corrected chi connectivity index (χ2v) is 4.46. The van der Waals surface area contributed by atoms with Crippen molar-refractivity contribution in [1.82, 2.24) is 0 Å². The Kier molecular flexibility index (Phi) is 3.85. The van der Waals surface area contributed by atoms with Gasteiger partial charge in [0.1, 0.15) is 11.9 Å². The summed E-state index contributed by atoms with van der Waals surface area (Å²) in [4.78, 5) is 0. The molecule has 0 radical (unpaired) electrons. The van der Waals surface area contributed by atoms with E-state index >= 15 is 0 Å². The zero-order valence-electron chi connectivity index (χ0n) is 10.9. The third-order valence-electron chi connectivity index (χ3n) is 2.92. The van der Waals surface area contributed by atoms with Gasteiger partial charge in [-0.1, -0.05) is 6.07 Å². The number of alkyl halides is 3. The lowest BCUT2D eigenvalue weighted by molar-refractivity contribution is -0.137. The first-order chi connectivity index (χ1) is 9.81. The molecular formula is C15H10F4N2. The van der Waals surface area contributed by atoms with Crippen LogP contribution in [0.4, 0.5) is 28.9 Å². The lowest BCUT2D eigenvalue weighted by Gasteiger charge is -2.12. The van der Waals surface area contributed by atoms with Crippen LogP contribution in [0.15, 0.2) is 36.4 Å². The summed E-state index contributed by atoms with van der Waals surface area (Å²) in [5.74, 6) is -0.439. The molecular weight excluding hydrogens is 284 g/mol. The average molecular weight is 294 g/mol. The monoisotopic (exact) mass is 294 g/mol. The van der Waals surface area contributed by atoms with Crippen molar-refractivity contribution in [2.45, 2.75) is 13.1 Å². The lowest BCUT2D eigenvalue weighted by Crippen LogP contribution is -2.06. The zero-order valence-corrected chi connectivity index (χ0v) is 10.9. The fourth-order valence-electron chi connectivity index (χ4n) is 1.75. The van der Waals surface area contributed by atoms with Crippen molar-refractivity contribution in [3.05, 3.63) is 58.9 Å². The van der Waals surface area contributed by atoms with Gasteiger partial charge in [-0.25, -0.2) is 4.39 Å². The average Bonchev–Trinajstić information content (AvgIpc) is 2.42. The predicted molar refractivity (Wildman–Crippen MR) is 70.6 cm³/mol. The van der Waals surface area contributed by atoms with Gasteiger partial charge in [-0.05, 0) is 42.8 Å². The van der Waals surface area contributed by atoms with E-state index in [1.54, 1.807) is 19.1 Å². The maximum Gasteiger partial charge on any atom is 0.416 e. The van der Waals surface area contributed by atoms with Crippen molar-refractivity contribution in [2.24, 2.45) is 0 Å². The van der Waals surface area contributed by atoms with E-state index in [2.05, 4.69) is 5.32 Å². The molecule has 0 saturated carbocycles. The fraction of sp³-hybridized carbons (Fsp3) is 0.133. The number of rotatable bonds is 2. The number of anilines is 2. The first-order valence-electron chi connectivity index (χ1n) is 5.96. The van der Waals surface area contributed by atoms with Gasteiger partial charge in [0.15, 0.2) is 0 Å². The van der Waals surface area contributed by atoms with E-state index in [1.807, 2.05) is 0 Å². The Hall–Kier alpha value is -2.55. The predicted octanol–water partition coefficient (Wildman–Crippen LogP) is 4.77. The van der Waals surface area contributed by atoms with E-state index in [1.165, 1.54) is 12.1 Å². The fourth-order valence-corrected chi connectivity index (χ4v) is 1.75. The van der Waals surface area contributed by atoms with Crippen molar-refractivity contribution < 1.29 is 17.6 Å². The number of hydrogen-bond acceptors (Lipinski definition) is 2. The molecule has 21 heavy (non-hydrogen) atoms. The Bertz CT molecular complexity index is 715. The first-order valence-corrected chi connectivity index (χ1v) is 5.96. The van der Waals surface area contributed by atoms with Crippen molar-refractivity contribution in [3.8, 4) is 6.07 Å². The molecule has 0 saturated heterocycles. The van der Waals surface area contributed by atoms with Gasteiger partial charge in [0.2, 0.25) is 0 Å². The number of aryl methyl sites for hydroxylation is 1. The van der Waals surface area contributed by atoms with Crippen LogP contribution in [0.5, 0.6) is 0 Å². The molecule has 0 amide bonds. The summed E-state index contributed by atoms with van der Waals surface area (Å²) < 4.78 is 51.2. The van der Waals surface area contributed by atoms with Gasteiger partial charge in [-0.2, -0.15) is 18.4 Å². The molecule has 0 aromatic heterocycles. The Balaban J connectivity index is 2.36. The van der Waals surface area contributed by atoms with E-state index in [0.717, 1.165) is 18.2 Å². The van der Waals surface area contributed by atoms with Crippen LogP contribution in [0.25, 0.3) is 0 Å². The topological polar surface area (TPSA) is 35.8 Å². The van der Waals surface area contributed by atoms with Crippen LogP contribution in [-0.2, 0) is 6.18 Å². The van der Waals surface area contributed by atoms with Crippen molar-refractivity contribution in [2.75, 3.05) is 5.32 Å². The molecule has 0 fully saturated rings. The highest BCUT2D eigenvalue weighted by atomic mass is 19.4. The Morgan fingerprint density at radius 3 is 2.38 bits per heavy atom. The Morgan fingerprint density at radius 1 is 1.10 bits per heavy atom. The molecule has 108 valence electrons. The van der Waals surface area contributed by atoms with Crippen molar-refractivity contribution >= 4 is 11.4 Å². The molecule has 0 aliphatic carbocycles. The van der Waals surface area contributed by atoms with Crippen molar-refractivity contribution in [3.63, 3.8) is 0 Å². The molecule has 2 aromatic rings. The summed E-state index contributed by atoms with van der Waals surface area (Å²) in [5, 5.41) is 11.7. The molecule has 2 nitrogen and oxygen atoms in total. The minimum absolute atomic E-state index is 0.161. The normalized spacial score (nSPS) is 11.0. The van der Waals surface area contributed by atoms with Crippen LogP contribution >= 0.6 is 0 Å². The molecule has 0 aliphatic rings. The van der Waals surface area contributed by atoms with Gasteiger partial charge < -0.3 is 5.32 Å². The summed E-state index contributed by atoms with van der Waals surface area (Å²) in [6, 6.07) is 8.81. The highest BCUT2D eigenvalue weighted by Crippen LogP contribution is 2.32. The number of benzene rings is 2. The molecule has 0 bridgehead atoms. The number of nitrogens with zero attached hydrogens (tertiary/aromatic N) is 1. The van der Waals surface area contributed by atoms with Gasteiger partial charge >= 0.3 is 6.18 Å². The highest BCUT2D eigenvalue weighted by molar-refractivity contribution is 5.67. The molecule has 2 aromatic carbocycles. The molecule has 6 heteroatoms. The SMILES string of the molecule is Cc1ccc(Nc2ccc(C(F)(F)F)cc2C#N)cc1F. The minimum Gasteiger partial charge on any atom is -0.354 e. The summed E-state index contributed by atoms with van der Waals surface area (Å²) in [5.41, 5.74) is -0.0675. The van der Waals surface area contributed by atoms with Gasteiger partial charge in [0, 0.05) is 5.69 Å². The molecule has 0 unspecified atom stereocenters. The van der Waals surface area contributed by atoms with Crippen LogP contribution in [0.1, 0.15) is 16.7 Å². The van der Waals surface area contributed by atoms with Crippen LogP contribution in [0, 0.1) is 24.1 Å². The third-order valence-corrected chi connectivity index (χ3v) is 2.92. The zero-order chi connectivity index (χ0) is 15.6. The molecule has 2 rings (SSSR count). The van der Waals surface area contributed by atoms with Gasteiger partial charge in [0.25, 0.3) is 0 Å². The Labute approximate surface area is 118 Å². The Morgan fingerprint density at radius 2 is 1.81 bits per heavy atom. The van der Waals surface area contributed by atoms with Crippen molar-refractivity contribution in [1.29, 1.82) is 5.26 Å². The molecule has 1 N–H and O–H groups in total. The number of halogens is 4. The largest absolute Gasteiger partial charge is 0.416 e. The van der Waals surface area contributed by atoms with E-state index in [4.69, 9.17) is 5.26 Å². The van der Waals surface area contributed by atoms with Gasteiger partial charge in [-0.15, -0.1) is 0 Å². The number of nitrogens with one attached hydrogen (secondary N) is 1. The van der Waals surface area contributed by atoms with E-state index in [-0.39, 0.29) is 11.3 Å². The summed E-state index contributed by atoms with van der Waals surface area (Å²) in [6.45, 7) is 1.60. The van der Waals surface area contributed by atoms with E-state index in [9.17, 15) is 17.6 Å². The quantitative estimate of drug-likeness (QED) is 0.810. The molecule has 0 spiro atoms. The number of nitriles is 1. The van der Waals surface area contributed by atoms with Crippen LogP contribution in [-0.4, -0.2) is 0 Å². The van der Waals surface area contributed by atoms with E-state index < -0.39 is 17.6 Å². The third kappa shape index (κ3) is 3.31. The van der Waals surface area contributed by atoms with Gasteiger partial charge in [-0.3, -0.25) is 0 Å². The van der Waals surface area contributed by atoms with Crippen LogP contribution in [0.2, 0.25) is 0 Å². The highest BCUT2D eigenvalue weighted by Gasteiger charge is 2.31. The smallest absolute Gasteiger partial charge is 0.354 e. The first kappa shape index (κ1) is 14.9. The summed E-state index contributed by atoms with van der Waals surface area (Å²) in [7, 11) is 0.